The van der Waals surface area contributed by atoms with E-state index in [2.05, 4.69) is 0 Å². The third kappa shape index (κ3) is 9.12. The molecule has 3 aromatic carbocycles. The average molecular weight is 596 g/mol. The number of ether oxygens (including phenoxy) is 4. The lowest BCUT2D eigenvalue weighted by atomic mass is 9.87. The number of rotatable bonds is 15. The molecule has 1 fully saturated rings. The number of nitro groups is 2. The summed E-state index contributed by atoms with van der Waals surface area (Å²) in [6.07, 6.45) is -0.176. The molecule has 1 heterocycles. The Bertz CT molecular complexity index is 1370. The highest BCUT2D eigenvalue weighted by atomic mass is 16.6. The zero-order valence-corrected chi connectivity index (χ0v) is 23.4. The molecule has 43 heavy (non-hydrogen) atoms. The van der Waals surface area contributed by atoms with Gasteiger partial charge in [0.1, 0.15) is 18.1 Å². The van der Waals surface area contributed by atoms with Crippen LogP contribution in [0, 0.1) is 20.2 Å². The number of amides is 1. The van der Waals surface area contributed by atoms with Crippen molar-refractivity contribution in [1.29, 1.82) is 0 Å². The SMILES string of the molecule is O=C(O)N1CCC(c2ccc(OCCCOCc3ccccc3)cc2)C(OCCOc2ccc([N+](=O)[O-])c([N+](=O)[O-])c2)C1. The zero-order valence-electron chi connectivity index (χ0n) is 23.4. The first-order chi connectivity index (χ1) is 20.8. The maximum absolute atomic E-state index is 11.6. The lowest BCUT2D eigenvalue weighted by Gasteiger charge is -2.37. The molecule has 1 aliphatic heterocycles. The van der Waals surface area contributed by atoms with Gasteiger partial charge in [0.05, 0.1) is 55.0 Å². The molecule has 0 spiro atoms. The van der Waals surface area contributed by atoms with Gasteiger partial charge in [0.2, 0.25) is 0 Å². The molecule has 0 saturated carbocycles. The van der Waals surface area contributed by atoms with Crippen LogP contribution in [0.1, 0.15) is 29.9 Å². The molecular weight excluding hydrogens is 562 g/mol. The van der Waals surface area contributed by atoms with Crippen LogP contribution in [-0.4, -0.2) is 71.6 Å². The quantitative estimate of drug-likeness (QED) is 0.136. The molecule has 0 radical (unpaired) electrons. The van der Waals surface area contributed by atoms with Gasteiger partial charge in [-0.1, -0.05) is 42.5 Å². The molecule has 13 heteroatoms. The molecule has 0 aliphatic carbocycles. The predicted octanol–water partition coefficient (Wildman–Crippen LogP) is 5.42. The van der Waals surface area contributed by atoms with Crippen LogP contribution in [-0.2, 0) is 16.1 Å². The van der Waals surface area contributed by atoms with Crippen molar-refractivity contribution in [2.75, 3.05) is 39.5 Å². The largest absolute Gasteiger partial charge is 0.494 e. The molecule has 3 aromatic rings. The predicted molar refractivity (Wildman–Crippen MR) is 155 cm³/mol. The minimum absolute atomic E-state index is 0.00704. The number of hydrogen-bond donors (Lipinski definition) is 1. The van der Waals surface area contributed by atoms with Crippen molar-refractivity contribution < 1.29 is 38.7 Å². The molecule has 1 N–H and O–H groups in total. The average Bonchev–Trinajstić information content (AvgIpc) is 3.01. The van der Waals surface area contributed by atoms with Gasteiger partial charge in [-0.25, -0.2) is 4.79 Å². The van der Waals surface area contributed by atoms with E-state index in [9.17, 15) is 30.1 Å². The third-order valence-electron chi connectivity index (χ3n) is 6.98. The van der Waals surface area contributed by atoms with Crippen LogP contribution in [0.25, 0.3) is 0 Å². The highest BCUT2D eigenvalue weighted by molar-refractivity contribution is 5.65. The van der Waals surface area contributed by atoms with Crippen molar-refractivity contribution in [3.8, 4) is 11.5 Å². The second-order valence-electron chi connectivity index (χ2n) is 9.86. The Hall–Kier alpha value is -4.75. The van der Waals surface area contributed by atoms with E-state index in [4.69, 9.17) is 18.9 Å². The minimum atomic E-state index is -1.03. The first kappa shape index (κ1) is 31.2. The number of benzene rings is 3. The second-order valence-corrected chi connectivity index (χ2v) is 9.86. The van der Waals surface area contributed by atoms with Gasteiger partial charge in [0.25, 0.3) is 0 Å². The Morgan fingerprint density at radius 2 is 1.56 bits per heavy atom. The van der Waals surface area contributed by atoms with Gasteiger partial charge in [-0.15, -0.1) is 0 Å². The summed E-state index contributed by atoms with van der Waals surface area (Å²) in [6.45, 7) is 2.27. The Balaban J connectivity index is 1.27. The molecule has 1 aliphatic rings. The highest BCUT2D eigenvalue weighted by Crippen LogP contribution is 2.33. The van der Waals surface area contributed by atoms with Crippen LogP contribution in [0.2, 0.25) is 0 Å². The zero-order chi connectivity index (χ0) is 30.6. The van der Waals surface area contributed by atoms with E-state index in [1.54, 1.807) is 0 Å². The Morgan fingerprint density at radius 1 is 0.860 bits per heavy atom. The first-order valence-electron chi connectivity index (χ1n) is 13.8. The summed E-state index contributed by atoms with van der Waals surface area (Å²) in [7, 11) is 0. The van der Waals surface area contributed by atoms with Crippen LogP contribution in [0.4, 0.5) is 16.2 Å². The molecule has 228 valence electrons. The van der Waals surface area contributed by atoms with Crippen molar-refractivity contribution in [2.24, 2.45) is 0 Å². The smallest absolute Gasteiger partial charge is 0.407 e. The Kier molecular flexibility index (Phi) is 11.2. The first-order valence-corrected chi connectivity index (χ1v) is 13.8. The van der Waals surface area contributed by atoms with Crippen molar-refractivity contribution in [2.45, 2.75) is 31.5 Å². The normalized spacial score (nSPS) is 16.4. The van der Waals surface area contributed by atoms with Crippen LogP contribution in [0.15, 0.2) is 72.8 Å². The third-order valence-corrected chi connectivity index (χ3v) is 6.98. The van der Waals surface area contributed by atoms with E-state index in [1.165, 1.54) is 11.0 Å². The van der Waals surface area contributed by atoms with E-state index in [1.807, 2.05) is 54.6 Å². The van der Waals surface area contributed by atoms with E-state index >= 15 is 0 Å². The fourth-order valence-corrected chi connectivity index (χ4v) is 4.82. The summed E-state index contributed by atoms with van der Waals surface area (Å²) in [5.74, 6) is 0.737. The summed E-state index contributed by atoms with van der Waals surface area (Å²) in [4.78, 5) is 33.5. The van der Waals surface area contributed by atoms with E-state index in [0.29, 0.717) is 32.8 Å². The van der Waals surface area contributed by atoms with Gasteiger partial charge in [0, 0.05) is 24.9 Å². The van der Waals surface area contributed by atoms with Crippen LogP contribution in [0.3, 0.4) is 0 Å². The molecule has 4 rings (SSSR count). The van der Waals surface area contributed by atoms with Gasteiger partial charge >= 0.3 is 17.5 Å². The lowest BCUT2D eigenvalue weighted by molar-refractivity contribution is -0.422. The number of nitro benzene ring substituents is 2. The number of nitrogens with zero attached hydrogens (tertiary/aromatic N) is 3. The van der Waals surface area contributed by atoms with Crippen molar-refractivity contribution in [1.82, 2.24) is 4.90 Å². The molecule has 2 atom stereocenters. The van der Waals surface area contributed by atoms with Gasteiger partial charge in [0.15, 0.2) is 0 Å². The van der Waals surface area contributed by atoms with Crippen molar-refractivity contribution in [3.05, 3.63) is 104 Å². The topological polar surface area (TPSA) is 164 Å². The number of piperidine rings is 1. The van der Waals surface area contributed by atoms with Crippen molar-refractivity contribution in [3.63, 3.8) is 0 Å². The molecule has 0 bridgehead atoms. The van der Waals surface area contributed by atoms with Crippen molar-refractivity contribution >= 4 is 17.5 Å². The standard InChI is InChI=1S/C30H33N3O10/c34-30(35)31-14-13-26(23-7-9-24(10-8-23)41-16-4-15-40-21-22-5-2-1-3-6-22)29(20-31)43-18-17-42-25-11-12-27(32(36)37)28(19-25)33(38)39/h1-3,5-12,19,26,29H,4,13-18,20-21H2,(H,34,35). The van der Waals surface area contributed by atoms with Gasteiger partial charge in [-0.05, 0) is 35.7 Å². The van der Waals surface area contributed by atoms with Crippen LogP contribution >= 0.6 is 0 Å². The Labute approximate surface area is 247 Å². The van der Waals surface area contributed by atoms with Crippen LogP contribution < -0.4 is 9.47 Å². The fraction of sp³-hybridized carbons (Fsp3) is 0.367. The molecule has 2 unspecified atom stereocenters. The van der Waals surface area contributed by atoms with E-state index in [0.717, 1.165) is 35.4 Å². The summed E-state index contributed by atoms with van der Waals surface area (Å²) >= 11 is 0. The summed E-state index contributed by atoms with van der Waals surface area (Å²) in [5, 5.41) is 31.7. The second kappa shape index (κ2) is 15.5. The maximum atomic E-state index is 11.6. The summed E-state index contributed by atoms with van der Waals surface area (Å²) < 4.78 is 23.1. The molecule has 1 amide bonds. The Morgan fingerprint density at radius 3 is 2.26 bits per heavy atom. The number of carbonyl (C=O) groups is 1. The lowest BCUT2D eigenvalue weighted by Crippen LogP contribution is -2.46. The number of carboxylic acid groups (broad SMARTS) is 1. The van der Waals surface area contributed by atoms with E-state index in [-0.39, 0.29) is 31.4 Å². The summed E-state index contributed by atoms with van der Waals surface area (Å²) in [5.41, 5.74) is 0.813. The molecular formula is C30H33N3O10. The fourth-order valence-electron chi connectivity index (χ4n) is 4.82. The van der Waals surface area contributed by atoms with Crippen LogP contribution in [0.5, 0.6) is 11.5 Å². The number of likely N-dealkylation sites (tertiary alicyclic amines) is 1. The maximum Gasteiger partial charge on any atom is 0.407 e. The monoisotopic (exact) mass is 595 g/mol. The summed E-state index contributed by atoms with van der Waals surface area (Å²) in [6, 6.07) is 20.9. The molecule has 1 saturated heterocycles. The molecule has 0 aromatic heterocycles. The number of hydrogen-bond acceptors (Lipinski definition) is 9. The van der Waals surface area contributed by atoms with E-state index < -0.39 is 33.4 Å². The van der Waals surface area contributed by atoms with Gasteiger partial charge < -0.3 is 29.0 Å². The van der Waals surface area contributed by atoms with Gasteiger partial charge in [-0.3, -0.25) is 20.2 Å². The van der Waals surface area contributed by atoms with Gasteiger partial charge in [-0.2, -0.15) is 0 Å². The minimum Gasteiger partial charge on any atom is -0.494 e. The highest BCUT2D eigenvalue weighted by Gasteiger charge is 2.33. The molecule has 13 nitrogen and oxygen atoms in total.